The van der Waals surface area contributed by atoms with E-state index in [1.165, 1.54) is 4.68 Å². The monoisotopic (exact) mass is 294 g/mol. The molecule has 0 aromatic carbocycles. The number of aromatic nitrogens is 4. The number of hydrogen-bond donors (Lipinski definition) is 1. The van der Waals surface area contributed by atoms with Gasteiger partial charge < -0.3 is 5.11 Å². The molecule has 0 amide bonds. The van der Waals surface area contributed by atoms with E-state index in [1.807, 2.05) is 20.8 Å². The van der Waals surface area contributed by atoms with Crippen LogP contribution in [0.2, 0.25) is 5.15 Å². The van der Waals surface area contributed by atoms with Crippen LogP contribution in [0.25, 0.3) is 5.82 Å². The van der Waals surface area contributed by atoms with Gasteiger partial charge in [-0.3, -0.25) is 0 Å². The van der Waals surface area contributed by atoms with Crippen LogP contribution in [0, 0.1) is 13.8 Å². The Morgan fingerprint density at radius 2 is 2.00 bits per heavy atom. The minimum Gasteiger partial charge on any atom is -0.478 e. The Kier molecular flexibility index (Phi) is 3.76. The van der Waals surface area contributed by atoms with E-state index in [-0.39, 0.29) is 16.6 Å². The maximum absolute atomic E-state index is 11.4. The first-order valence-electron chi connectivity index (χ1n) is 6.15. The fraction of sp³-hybridized carbons (Fsp3) is 0.385. The van der Waals surface area contributed by atoms with Crippen LogP contribution in [0.5, 0.6) is 0 Å². The molecule has 1 N–H and O–H groups in total. The number of aromatic carboxylic acids is 1. The Morgan fingerprint density at radius 1 is 1.35 bits per heavy atom. The van der Waals surface area contributed by atoms with Crippen molar-refractivity contribution in [3.8, 4) is 5.82 Å². The molecule has 0 saturated heterocycles. The highest BCUT2D eigenvalue weighted by Gasteiger charge is 2.25. The molecule has 20 heavy (non-hydrogen) atoms. The molecule has 0 unspecified atom stereocenters. The molecule has 0 atom stereocenters. The van der Waals surface area contributed by atoms with Gasteiger partial charge in [0.25, 0.3) is 0 Å². The molecule has 0 spiro atoms. The van der Waals surface area contributed by atoms with E-state index in [0.29, 0.717) is 17.3 Å². The van der Waals surface area contributed by atoms with Crippen molar-refractivity contribution in [1.82, 2.24) is 19.7 Å². The van der Waals surface area contributed by atoms with E-state index < -0.39 is 5.97 Å². The van der Waals surface area contributed by atoms with Crippen molar-refractivity contribution in [3.05, 3.63) is 34.0 Å². The lowest BCUT2D eigenvalue weighted by Gasteiger charge is -2.04. The third kappa shape index (κ3) is 2.51. The van der Waals surface area contributed by atoms with Gasteiger partial charge in [0.1, 0.15) is 16.5 Å². The largest absolute Gasteiger partial charge is 0.478 e. The molecule has 2 aromatic heterocycles. The molecule has 2 rings (SSSR count). The van der Waals surface area contributed by atoms with Gasteiger partial charge >= 0.3 is 5.97 Å². The van der Waals surface area contributed by atoms with Gasteiger partial charge in [0, 0.05) is 11.8 Å². The van der Waals surface area contributed by atoms with Crippen molar-refractivity contribution in [2.24, 2.45) is 0 Å². The lowest BCUT2D eigenvalue weighted by molar-refractivity contribution is 0.0695. The van der Waals surface area contributed by atoms with Gasteiger partial charge in [-0.25, -0.2) is 19.4 Å². The summed E-state index contributed by atoms with van der Waals surface area (Å²) in [4.78, 5) is 19.8. The highest BCUT2D eigenvalue weighted by molar-refractivity contribution is 6.32. The smallest absolute Gasteiger partial charge is 0.340 e. The molecule has 0 bridgehead atoms. The van der Waals surface area contributed by atoms with Gasteiger partial charge in [-0.1, -0.05) is 25.4 Å². The third-order valence-electron chi connectivity index (χ3n) is 2.79. The minimum atomic E-state index is -1.09. The van der Waals surface area contributed by atoms with Crippen molar-refractivity contribution in [1.29, 1.82) is 0 Å². The molecule has 106 valence electrons. The second-order valence-electron chi connectivity index (χ2n) is 4.84. The SMILES string of the molecule is Cc1cc(-n2nc(C(C)C)c(C(=O)O)c2Cl)nc(C)n1. The van der Waals surface area contributed by atoms with Gasteiger partial charge in [0.05, 0.1) is 5.69 Å². The topological polar surface area (TPSA) is 80.9 Å². The van der Waals surface area contributed by atoms with Gasteiger partial charge in [0.15, 0.2) is 5.82 Å². The molecule has 7 heteroatoms. The molecule has 0 aliphatic carbocycles. The zero-order valence-corrected chi connectivity index (χ0v) is 12.4. The summed E-state index contributed by atoms with van der Waals surface area (Å²) >= 11 is 6.17. The summed E-state index contributed by atoms with van der Waals surface area (Å²) in [5.41, 5.74) is 1.23. The summed E-state index contributed by atoms with van der Waals surface area (Å²) in [5.74, 6) is -0.0970. The normalized spacial score (nSPS) is 11.1. The van der Waals surface area contributed by atoms with E-state index in [1.54, 1.807) is 13.0 Å². The average Bonchev–Trinajstić information content (AvgIpc) is 2.65. The fourth-order valence-electron chi connectivity index (χ4n) is 1.97. The van der Waals surface area contributed by atoms with E-state index in [0.717, 1.165) is 5.69 Å². The van der Waals surface area contributed by atoms with Gasteiger partial charge in [-0.05, 0) is 19.8 Å². The predicted octanol–water partition coefficient (Wildman–Crippen LogP) is 2.75. The lowest BCUT2D eigenvalue weighted by Crippen LogP contribution is -2.04. The summed E-state index contributed by atoms with van der Waals surface area (Å²) < 4.78 is 1.35. The predicted molar refractivity (Wildman–Crippen MR) is 74.7 cm³/mol. The van der Waals surface area contributed by atoms with Crippen LogP contribution in [0.15, 0.2) is 6.07 Å². The van der Waals surface area contributed by atoms with Crippen LogP contribution >= 0.6 is 11.6 Å². The zero-order valence-electron chi connectivity index (χ0n) is 11.7. The van der Waals surface area contributed by atoms with Crippen molar-refractivity contribution in [3.63, 3.8) is 0 Å². The number of carboxylic acids is 1. The third-order valence-corrected chi connectivity index (χ3v) is 3.14. The highest BCUT2D eigenvalue weighted by atomic mass is 35.5. The summed E-state index contributed by atoms with van der Waals surface area (Å²) in [5, 5.41) is 13.6. The van der Waals surface area contributed by atoms with Gasteiger partial charge in [-0.2, -0.15) is 5.10 Å². The first-order chi connectivity index (χ1) is 9.31. The number of aryl methyl sites for hydroxylation is 2. The summed E-state index contributed by atoms with van der Waals surface area (Å²) in [7, 11) is 0. The maximum Gasteiger partial charge on any atom is 0.340 e. The maximum atomic E-state index is 11.4. The molecule has 0 aliphatic heterocycles. The molecular weight excluding hydrogens is 280 g/mol. The number of rotatable bonds is 3. The Morgan fingerprint density at radius 3 is 2.45 bits per heavy atom. The van der Waals surface area contributed by atoms with Crippen LogP contribution in [0.4, 0.5) is 0 Å². The molecule has 2 heterocycles. The van der Waals surface area contributed by atoms with E-state index in [4.69, 9.17) is 11.6 Å². The second-order valence-corrected chi connectivity index (χ2v) is 5.20. The first kappa shape index (κ1) is 14.5. The molecule has 6 nitrogen and oxygen atoms in total. The number of carbonyl (C=O) groups is 1. The Bertz CT molecular complexity index is 659. The van der Waals surface area contributed by atoms with Crippen molar-refractivity contribution < 1.29 is 9.90 Å². The Hall–Kier alpha value is -1.95. The number of halogens is 1. The fourth-order valence-corrected chi connectivity index (χ4v) is 2.27. The van der Waals surface area contributed by atoms with Crippen LogP contribution in [-0.2, 0) is 0 Å². The van der Waals surface area contributed by atoms with Crippen molar-refractivity contribution in [2.75, 3.05) is 0 Å². The van der Waals surface area contributed by atoms with Crippen molar-refractivity contribution in [2.45, 2.75) is 33.6 Å². The molecule has 0 radical (unpaired) electrons. The molecule has 0 saturated carbocycles. The Balaban J connectivity index is 2.69. The van der Waals surface area contributed by atoms with Crippen LogP contribution < -0.4 is 0 Å². The standard InChI is InChI=1S/C13H15ClN4O2/c1-6(2)11-10(13(19)20)12(14)18(17-11)9-5-7(3)15-8(4)16-9/h5-6H,1-4H3,(H,19,20). The summed E-state index contributed by atoms with van der Waals surface area (Å²) in [6.45, 7) is 7.32. The number of nitrogens with zero attached hydrogens (tertiary/aromatic N) is 4. The van der Waals surface area contributed by atoms with Crippen LogP contribution in [0.3, 0.4) is 0 Å². The summed E-state index contributed by atoms with van der Waals surface area (Å²) in [6, 6.07) is 1.71. The van der Waals surface area contributed by atoms with E-state index >= 15 is 0 Å². The Labute approximate surface area is 121 Å². The lowest BCUT2D eigenvalue weighted by atomic mass is 10.1. The van der Waals surface area contributed by atoms with Gasteiger partial charge in [-0.15, -0.1) is 0 Å². The highest BCUT2D eigenvalue weighted by Crippen LogP contribution is 2.27. The number of carboxylic acid groups (broad SMARTS) is 1. The first-order valence-corrected chi connectivity index (χ1v) is 6.53. The zero-order chi connectivity index (χ0) is 15.0. The molecule has 0 aliphatic rings. The van der Waals surface area contributed by atoms with E-state index in [9.17, 15) is 9.90 Å². The van der Waals surface area contributed by atoms with Crippen molar-refractivity contribution >= 4 is 17.6 Å². The summed E-state index contributed by atoms with van der Waals surface area (Å²) in [6.07, 6.45) is 0. The van der Waals surface area contributed by atoms with Gasteiger partial charge in [0.2, 0.25) is 0 Å². The quantitative estimate of drug-likeness (QED) is 0.941. The van der Waals surface area contributed by atoms with E-state index in [2.05, 4.69) is 15.1 Å². The molecule has 2 aromatic rings. The molecular formula is C13H15ClN4O2. The van der Waals surface area contributed by atoms with Crippen LogP contribution in [-0.4, -0.2) is 30.8 Å². The molecule has 0 fully saturated rings. The van der Waals surface area contributed by atoms with Crippen LogP contribution in [0.1, 0.15) is 47.3 Å². The number of hydrogen-bond acceptors (Lipinski definition) is 4. The average molecular weight is 295 g/mol. The second kappa shape index (κ2) is 5.20. The minimum absolute atomic E-state index is 0.0237.